The highest BCUT2D eigenvalue weighted by Gasteiger charge is 2.13. The van der Waals surface area contributed by atoms with Crippen LogP contribution >= 0.6 is 0 Å². The SMILES string of the molecule is CN(C)/C=C(\C#N)C(=O)c1cccc(Oc2ccc([N+](=O)[O-])cc2)c1. The maximum absolute atomic E-state index is 12.4. The Balaban J connectivity index is 2.22. The van der Waals surface area contributed by atoms with E-state index >= 15 is 0 Å². The first-order valence-electron chi connectivity index (χ1n) is 7.26. The third-order valence-corrected chi connectivity index (χ3v) is 3.13. The van der Waals surface area contributed by atoms with E-state index in [1.165, 1.54) is 36.5 Å². The highest BCUT2D eigenvalue weighted by Crippen LogP contribution is 2.25. The molecule has 0 amide bonds. The van der Waals surface area contributed by atoms with Crippen molar-refractivity contribution in [2.24, 2.45) is 0 Å². The molecule has 7 heteroatoms. The molecule has 0 aliphatic rings. The first-order chi connectivity index (χ1) is 11.9. The molecule has 0 aromatic heterocycles. The molecule has 0 N–H and O–H groups in total. The molecule has 2 aromatic carbocycles. The van der Waals surface area contributed by atoms with E-state index in [0.717, 1.165) is 0 Å². The summed E-state index contributed by atoms with van der Waals surface area (Å²) in [6, 6.07) is 13.9. The van der Waals surface area contributed by atoms with Gasteiger partial charge in [0.1, 0.15) is 23.1 Å². The Morgan fingerprint density at radius 2 is 1.88 bits per heavy atom. The quantitative estimate of drug-likeness (QED) is 0.263. The normalized spacial score (nSPS) is 10.7. The number of Topliss-reactive ketones (excluding diaryl/α,β-unsaturated/α-hetero) is 1. The van der Waals surface area contributed by atoms with Gasteiger partial charge in [0.25, 0.3) is 5.69 Å². The molecular formula is C18H15N3O4. The largest absolute Gasteiger partial charge is 0.457 e. The second-order valence-corrected chi connectivity index (χ2v) is 5.33. The predicted molar refractivity (Wildman–Crippen MR) is 91.3 cm³/mol. The number of nitriles is 1. The fourth-order valence-electron chi connectivity index (χ4n) is 2.02. The van der Waals surface area contributed by atoms with Crippen LogP contribution in [0.3, 0.4) is 0 Å². The van der Waals surface area contributed by atoms with Crippen molar-refractivity contribution in [2.75, 3.05) is 14.1 Å². The lowest BCUT2D eigenvalue weighted by Crippen LogP contribution is -2.08. The number of benzene rings is 2. The molecule has 0 bridgehead atoms. The molecule has 0 saturated heterocycles. The van der Waals surface area contributed by atoms with E-state index in [1.54, 1.807) is 37.2 Å². The first-order valence-corrected chi connectivity index (χ1v) is 7.26. The summed E-state index contributed by atoms with van der Waals surface area (Å²) >= 11 is 0. The van der Waals surface area contributed by atoms with Crippen molar-refractivity contribution < 1.29 is 14.5 Å². The number of carbonyl (C=O) groups excluding carboxylic acids is 1. The van der Waals surface area contributed by atoms with Gasteiger partial charge in [-0.15, -0.1) is 0 Å². The number of nitro groups is 1. The van der Waals surface area contributed by atoms with Crippen LogP contribution in [0.5, 0.6) is 11.5 Å². The highest BCUT2D eigenvalue weighted by molar-refractivity contribution is 6.11. The Bertz CT molecular complexity index is 865. The number of nitro benzene ring substituents is 1. The van der Waals surface area contributed by atoms with E-state index in [2.05, 4.69) is 0 Å². The van der Waals surface area contributed by atoms with E-state index in [0.29, 0.717) is 17.1 Å². The second kappa shape index (κ2) is 7.75. The molecule has 2 rings (SSSR count). The molecule has 0 heterocycles. The van der Waals surface area contributed by atoms with Crippen LogP contribution in [0.2, 0.25) is 0 Å². The zero-order valence-electron chi connectivity index (χ0n) is 13.7. The van der Waals surface area contributed by atoms with Crippen molar-refractivity contribution in [3.63, 3.8) is 0 Å². The smallest absolute Gasteiger partial charge is 0.269 e. The van der Waals surface area contributed by atoms with Gasteiger partial charge < -0.3 is 9.64 Å². The van der Waals surface area contributed by atoms with Crippen molar-refractivity contribution >= 4 is 11.5 Å². The van der Waals surface area contributed by atoms with Gasteiger partial charge in [0, 0.05) is 38.0 Å². The van der Waals surface area contributed by atoms with Crippen LogP contribution in [-0.4, -0.2) is 29.7 Å². The monoisotopic (exact) mass is 337 g/mol. The van der Waals surface area contributed by atoms with Gasteiger partial charge in [-0.3, -0.25) is 14.9 Å². The summed E-state index contributed by atoms with van der Waals surface area (Å²) in [5.74, 6) is 0.381. The molecule has 0 aliphatic heterocycles. The lowest BCUT2D eigenvalue weighted by Gasteiger charge is -2.08. The fraction of sp³-hybridized carbons (Fsp3) is 0.111. The fourth-order valence-corrected chi connectivity index (χ4v) is 2.02. The Morgan fingerprint density at radius 3 is 2.44 bits per heavy atom. The average Bonchev–Trinajstić information content (AvgIpc) is 2.59. The zero-order chi connectivity index (χ0) is 18.4. The van der Waals surface area contributed by atoms with Gasteiger partial charge in [-0.1, -0.05) is 12.1 Å². The van der Waals surface area contributed by atoms with Crippen molar-refractivity contribution in [1.82, 2.24) is 4.90 Å². The minimum Gasteiger partial charge on any atom is -0.457 e. The predicted octanol–water partition coefficient (Wildman–Crippen LogP) is 3.54. The summed E-state index contributed by atoms with van der Waals surface area (Å²) in [6.45, 7) is 0. The summed E-state index contributed by atoms with van der Waals surface area (Å²) in [5, 5.41) is 19.8. The van der Waals surface area contributed by atoms with Gasteiger partial charge in [-0.05, 0) is 24.3 Å². The molecule has 0 radical (unpaired) electrons. The standard InChI is InChI=1S/C18H15N3O4/c1-20(2)12-14(11-19)18(22)13-4-3-5-17(10-13)25-16-8-6-15(7-9-16)21(23)24/h3-10,12H,1-2H3/b14-12+. The maximum Gasteiger partial charge on any atom is 0.269 e. The Hall–Kier alpha value is -3.66. The molecule has 0 aliphatic carbocycles. The van der Waals surface area contributed by atoms with Crippen LogP contribution in [-0.2, 0) is 0 Å². The van der Waals surface area contributed by atoms with Crippen LogP contribution < -0.4 is 4.74 Å². The van der Waals surface area contributed by atoms with E-state index in [9.17, 15) is 14.9 Å². The molecule has 2 aromatic rings. The lowest BCUT2D eigenvalue weighted by atomic mass is 10.0. The number of non-ortho nitro benzene ring substituents is 1. The van der Waals surface area contributed by atoms with Gasteiger partial charge in [-0.2, -0.15) is 5.26 Å². The highest BCUT2D eigenvalue weighted by atomic mass is 16.6. The number of hydrogen-bond acceptors (Lipinski definition) is 6. The van der Waals surface area contributed by atoms with Crippen molar-refractivity contribution in [2.45, 2.75) is 0 Å². The molecule has 0 spiro atoms. The van der Waals surface area contributed by atoms with Crippen LogP contribution in [0.25, 0.3) is 0 Å². The molecule has 0 atom stereocenters. The van der Waals surface area contributed by atoms with Crippen LogP contribution in [0.15, 0.2) is 60.3 Å². The Morgan fingerprint density at radius 1 is 1.20 bits per heavy atom. The zero-order valence-corrected chi connectivity index (χ0v) is 13.7. The van der Waals surface area contributed by atoms with E-state index < -0.39 is 10.7 Å². The number of allylic oxidation sites excluding steroid dienone is 1. The first kappa shape index (κ1) is 17.7. The third kappa shape index (κ3) is 4.65. The number of nitrogens with zero attached hydrogens (tertiary/aromatic N) is 3. The Kier molecular flexibility index (Phi) is 5.48. The van der Waals surface area contributed by atoms with Gasteiger partial charge in [0.05, 0.1) is 4.92 Å². The van der Waals surface area contributed by atoms with Crippen molar-refractivity contribution in [3.05, 3.63) is 76.0 Å². The van der Waals surface area contributed by atoms with Crippen LogP contribution in [0, 0.1) is 21.4 Å². The molecular weight excluding hydrogens is 322 g/mol. The summed E-state index contributed by atoms with van der Waals surface area (Å²) in [4.78, 5) is 24.2. The van der Waals surface area contributed by atoms with E-state index in [1.807, 2.05) is 6.07 Å². The Labute approximate surface area is 144 Å². The van der Waals surface area contributed by atoms with E-state index in [4.69, 9.17) is 10.00 Å². The van der Waals surface area contributed by atoms with Gasteiger partial charge in [-0.25, -0.2) is 0 Å². The molecule has 0 fully saturated rings. The summed E-state index contributed by atoms with van der Waals surface area (Å²) in [7, 11) is 3.44. The third-order valence-electron chi connectivity index (χ3n) is 3.13. The maximum atomic E-state index is 12.4. The minimum atomic E-state index is -0.496. The molecule has 0 saturated carbocycles. The van der Waals surface area contributed by atoms with Crippen molar-refractivity contribution in [1.29, 1.82) is 5.26 Å². The molecule has 25 heavy (non-hydrogen) atoms. The molecule has 126 valence electrons. The van der Waals surface area contributed by atoms with E-state index in [-0.39, 0.29) is 11.3 Å². The second-order valence-electron chi connectivity index (χ2n) is 5.33. The number of rotatable bonds is 6. The summed E-state index contributed by atoms with van der Waals surface area (Å²) < 4.78 is 5.61. The van der Waals surface area contributed by atoms with Crippen molar-refractivity contribution in [3.8, 4) is 17.6 Å². The van der Waals surface area contributed by atoms with Gasteiger partial charge in [0.15, 0.2) is 0 Å². The average molecular weight is 337 g/mol. The van der Waals surface area contributed by atoms with Crippen LogP contribution in [0.1, 0.15) is 10.4 Å². The number of ketones is 1. The summed E-state index contributed by atoms with van der Waals surface area (Å²) in [6.07, 6.45) is 1.45. The lowest BCUT2D eigenvalue weighted by molar-refractivity contribution is -0.384. The van der Waals surface area contributed by atoms with Gasteiger partial charge in [0.2, 0.25) is 5.78 Å². The van der Waals surface area contributed by atoms with Gasteiger partial charge >= 0.3 is 0 Å². The topological polar surface area (TPSA) is 96.5 Å². The molecule has 0 unspecified atom stereocenters. The molecule has 7 nitrogen and oxygen atoms in total. The van der Waals surface area contributed by atoms with Crippen LogP contribution in [0.4, 0.5) is 5.69 Å². The number of carbonyl (C=O) groups is 1. The minimum absolute atomic E-state index is 0.0116. The summed E-state index contributed by atoms with van der Waals surface area (Å²) in [5.41, 5.74) is 0.287. The number of ether oxygens (including phenoxy) is 1. The number of hydrogen-bond donors (Lipinski definition) is 0.